The van der Waals surface area contributed by atoms with Gasteiger partial charge in [-0.2, -0.15) is 0 Å². The number of anilines is 1. The first-order valence-corrected chi connectivity index (χ1v) is 8.10. The number of pyridine rings is 1. The summed E-state index contributed by atoms with van der Waals surface area (Å²) in [7, 11) is 0. The van der Waals surface area contributed by atoms with Crippen molar-refractivity contribution in [2.45, 2.75) is 32.2 Å². The molecule has 0 aromatic carbocycles. The van der Waals surface area contributed by atoms with Crippen molar-refractivity contribution in [3.05, 3.63) is 43.4 Å². The normalized spacial score (nSPS) is 18.4. The van der Waals surface area contributed by atoms with Gasteiger partial charge in [-0.05, 0) is 72.5 Å². The lowest BCUT2D eigenvalue weighted by molar-refractivity contribution is 0.608. The van der Waals surface area contributed by atoms with Gasteiger partial charge in [0, 0.05) is 11.1 Å². The third-order valence-electron chi connectivity index (χ3n) is 3.42. The Kier molecular flexibility index (Phi) is 3.56. The van der Waals surface area contributed by atoms with Crippen molar-refractivity contribution in [2.24, 2.45) is 0 Å². The van der Waals surface area contributed by atoms with Crippen molar-refractivity contribution in [1.82, 2.24) is 4.98 Å². The Balaban J connectivity index is 1.88. The van der Waals surface area contributed by atoms with Gasteiger partial charge < -0.3 is 5.32 Å². The van der Waals surface area contributed by atoms with Crippen LogP contribution in [-0.2, 0) is 6.42 Å². The quantitative estimate of drug-likeness (QED) is 0.785. The van der Waals surface area contributed by atoms with Crippen LogP contribution in [0.2, 0.25) is 0 Å². The first-order chi connectivity index (χ1) is 8.74. The van der Waals surface area contributed by atoms with Crippen molar-refractivity contribution >= 4 is 39.6 Å². The van der Waals surface area contributed by atoms with Crippen molar-refractivity contribution in [3.8, 4) is 0 Å². The molecule has 94 valence electrons. The number of aryl methyl sites for hydroxylation is 2. The van der Waals surface area contributed by atoms with Gasteiger partial charge in [-0.25, -0.2) is 0 Å². The van der Waals surface area contributed by atoms with Gasteiger partial charge in [-0.15, -0.1) is 11.3 Å². The fourth-order valence-corrected chi connectivity index (χ4v) is 4.62. The number of aromatic nitrogens is 1. The molecule has 2 aromatic rings. The monoisotopic (exact) mass is 370 g/mol. The van der Waals surface area contributed by atoms with Crippen LogP contribution in [0.5, 0.6) is 0 Å². The van der Waals surface area contributed by atoms with E-state index in [2.05, 4.69) is 51.9 Å². The van der Waals surface area contributed by atoms with E-state index in [1.165, 1.54) is 27.7 Å². The average molecular weight is 370 g/mol. The van der Waals surface area contributed by atoms with Crippen LogP contribution in [0, 0.1) is 9.81 Å². The van der Waals surface area contributed by atoms with E-state index in [-0.39, 0.29) is 0 Å². The molecule has 0 fully saturated rings. The summed E-state index contributed by atoms with van der Waals surface area (Å²) in [5.41, 5.74) is 3.74. The minimum atomic E-state index is 0.455. The largest absolute Gasteiger partial charge is 0.377 e. The first kappa shape index (κ1) is 12.4. The van der Waals surface area contributed by atoms with Crippen LogP contribution in [0.4, 0.5) is 5.69 Å². The molecule has 2 heterocycles. The number of nitrogens with one attached hydrogen (secondary N) is 1. The molecule has 2 aromatic heterocycles. The predicted octanol–water partition coefficient (Wildman–Crippen LogP) is 4.55. The minimum absolute atomic E-state index is 0.455. The molecular weight excluding hydrogens is 355 g/mol. The molecule has 18 heavy (non-hydrogen) atoms. The summed E-state index contributed by atoms with van der Waals surface area (Å²) in [6.07, 6.45) is 5.59. The van der Waals surface area contributed by atoms with Crippen LogP contribution in [0.3, 0.4) is 0 Å². The molecule has 1 unspecified atom stereocenters. The van der Waals surface area contributed by atoms with Crippen molar-refractivity contribution < 1.29 is 0 Å². The standard InChI is InChI=1S/C14H15IN2S/c1-9-11(5-3-7-16-9)17-12-4-2-6-13-10(12)8-14(15)18-13/h3,5,7-8,12,17H,2,4,6H2,1H3. The van der Waals surface area contributed by atoms with Crippen molar-refractivity contribution in [2.75, 3.05) is 5.32 Å². The maximum atomic E-state index is 4.34. The number of fused-ring (bicyclic) bond motifs is 1. The lowest BCUT2D eigenvalue weighted by atomic mass is 9.94. The van der Waals surface area contributed by atoms with Gasteiger partial charge in [-0.3, -0.25) is 4.98 Å². The average Bonchev–Trinajstić information content (AvgIpc) is 2.73. The fraction of sp³-hybridized carbons (Fsp3) is 0.357. The van der Waals surface area contributed by atoms with Gasteiger partial charge in [0.1, 0.15) is 0 Å². The Hall–Kier alpha value is -0.620. The second-order valence-electron chi connectivity index (χ2n) is 4.65. The van der Waals surface area contributed by atoms with E-state index in [1.54, 1.807) is 4.88 Å². The molecule has 0 saturated carbocycles. The zero-order valence-electron chi connectivity index (χ0n) is 10.2. The van der Waals surface area contributed by atoms with Gasteiger partial charge in [0.15, 0.2) is 0 Å². The van der Waals surface area contributed by atoms with Crippen molar-refractivity contribution in [3.63, 3.8) is 0 Å². The van der Waals surface area contributed by atoms with Gasteiger partial charge in [0.05, 0.1) is 20.3 Å². The summed E-state index contributed by atoms with van der Waals surface area (Å²) in [6.45, 7) is 2.06. The van der Waals surface area contributed by atoms with Crippen LogP contribution >= 0.6 is 33.9 Å². The van der Waals surface area contributed by atoms with Crippen LogP contribution in [0.1, 0.15) is 35.0 Å². The van der Waals surface area contributed by atoms with Gasteiger partial charge in [-0.1, -0.05) is 0 Å². The Bertz CT molecular complexity index is 565. The molecule has 0 amide bonds. The van der Waals surface area contributed by atoms with E-state index in [1.807, 2.05) is 23.6 Å². The third-order valence-corrected chi connectivity index (χ3v) is 5.39. The van der Waals surface area contributed by atoms with Gasteiger partial charge in [0.25, 0.3) is 0 Å². The predicted molar refractivity (Wildman–Crippen MR) is 85.3 cm³/mol. The molecule has 0 aliphatic heterocycles. The molecule has 0 bridgehead atoms. The molecule has 1 atom stereocenters. The van der Waals surface area contributed by atoms with Crippen LogP contribution in [0.25, 0.3) is 0 Å². The van der Waals surface area contributed by atoms with E-state index in [4.69, 9.17) is 0 Å². The number of hydrogen-bond donors (Lipinski definition) is 1. The smallest absolute Gasteiger partial charge is 0.0660 e. The van der Waals surface area contributed by atoms with E-state index in [0.717, 1.165) is 11.4 Å². The molecule has 0 saturated heterocycles. The second-order valence-corrected chi connectivity index (χ2v) is 7.69. The van der Waals surface area contributed by atoms with E-state index in [0.29, 0.717) is 6.04 Å². The summed E-state index contributed by atoms with van der Waals surface area (Å²) in [4.78, 5) is 5.90. The minimum Gasteiger partial charge on any atom is -0.377 e. The third kappa shape index (κ3) is 2.40. The maximum absolute atomic E-state index is 4.34. The Labute approximate surface area is 125 Å². The molecule has 0 radical (unpaired) electrons. The first-order valence-electron chi connectivity index (χ1n) is 6.20. The highest BCUT2D eigenvalue weighted by Gasteiger charge is 2.22. The number of thiophene rings is 1. The highest BCUT2D eigenvalue weighted by atomic mass is 127. The number of nitrogens with zero attached hydrogens (tertiary/aromatic N) is 1. The summed E-state index contributed by atoms with van der Waals surface area (Å²) in [5, 5.41) is 3.66. The Morgan fingerprint density at radius 1 is 1.50 bits per heavy atom. The second kappa shape index (κ2) is 5.17. The fourth-order valence-electron chi connectivity index (χ4n) is 2.50. The summed E-state index contributed by atoms with van der Waals surface area (Å²) in [6, 6.07) is 6.91. The lowest BCUT2D eigenvalue weighted by Gasteiger charge is -2.25. The molecular formula is C14H15IN2S. The molecule has 3 rings (SSSR count). The zero-order valence-corrected chi connectivity index (χ0v) is 13.2. The zero-order chi connectivity index (χ0) is 12.5. The molecule has 2 nitrogen and oxygen atoms in total. The Morgan fingerprint density at radius 2 is 2.39 bits per heavy atom. The highest BCUT2D eigenvalue weighted by molar-refractivity contribution is 14.1. The van der Waals surface area contributed by atoms with Crippen LogP contribution in [-0.4, -0.2) is 4.98 Å². The number of halogens is 1. The lowest BCUT2D eigenvalue weighted by Crippen LogP contribution is -2.16. The summed E-state index contributed by atoms with van der Waals surface area (Å²) in [5.74, 6) is 0. The highest BCUT2D eigenvalue weighted by Crippen LogP contribution is 2.38. The molecule has 0 spiro atoms. The van der Waals surface area contributed by atoms with E-state index in [9.17, 15) is 0 Å². The Morgan fingerprint density at radius 3 is 3.22 bits per heavy atom. The van der Waals surface area contributed by atoms with Crippen molar-refractivity contribution in [1.29, 1.82) is 0 Å². The number of hydrogen-bond acceptors (Lipinski definition) is 3. The van der Waals surface area contributed by atoms with Gasteiger partial charge >= 0.3 is 0 Å². The number of rotatable bonds is 2. The van der Waals surface area contributed by atoms with Gasteiger partial charge in [0.2, 0.25) is 0 Å². The SMILES string of the molecule is Cc1ncccc1NC1CCCc2sc(I)cc21. The van der Waals surface area contributed by atoms with Crippen LogP contribution in [0.15, 0.2) is 24.4 Å². The molecule has 1 aliphatic rings. The van der Waals surface area contributed by atoms with Crippen LogP contribution < -0.4 is 5.32 Å². The molecule has 1 N–H and O–H groups in total. The summed E-state index contributed by atoms with van der Waals surface area (Å²) >= 11 is 4.37. The molecule has 4 heteroatoms. The van der Waals surface area contributed by atoms with E-state index < -0.39 is 0 Å². The molecule has 1 aliphatic carbocycles. The summed E-state index contributed by atoms with van der Waals surface area (Å²) < 4.78 is 1.40. The topological polar surface area (TPSA) is 24.9 Å². The van der Waals surface area contributed by atoms with E-state index >= 15 is 0 Å². The maximum Gasteiger partial charge on any atom is 0.0660 e.